The number of aromatic nitrogens is 3. The molecule has 7 heteroatoms. The van der Waals surface area contributed by atoms with Gasteiger partial charge >= 0.3 is 0 Å². The van der Waals surface area contributed by atoms with Gasteiger partial charge in [-0.05, 0) is 52.1 Å². The van der Waals surface area contributed by atoms with Gasteiger partial charge in [-0.3, -0.25) is 0 Å². The zero-order valence-electron chi connectivity index (χ0n) is 14.7. The van der Waals surface area contributed by atoms with Crippen LogP contribution >= 0.6 is 24.0 Å². The quantitative estimate of drug-likeness (QED) is 0.713. The molecule has 2 aromatic heterocycles. The molecule has 1 N–H and O–H groups in total. The lowest BCUT2D eigenvalue weighted by Gasteiger charge is -2.09. The molecule has 0 aliphatic carbocycles. The maximum Gasteiger partial charge on any atom is 0.259 e. The van der Waals surface area contributed by atoms with E-state index in [1.165, 1.54) is 0 Å². The minimum absolute atomic E-state index is 0. The van der Waals surface area contributed by atoms with Gasteiger partial charge in [0.25, 0.3) is 5.89 Å². The van der Waals surface area contributed by atoms with Crippen molar-refractivity contribution in [2.75, 3.05) is 7.05 Å². The highest BCUT2D eigenvalue weighted by Crippen LogP contribution is 2.29. The Morgan fingerprint density at radius 1 is 1.28 bits per heavy atom. The third-order valence-electron chi connectivity index (χ3n) is 4.18. The van der Waals surface area contributed by atoms with Crippen molar-refractivity contribution in [1.82, 2.24) is 20.0 Å². The first kappa shape index (κ1) is 19.5. The lowest BCUT2D eigenvalue weighted by atomic mass is 10.2. The van der Waals surface area contributed by atoms with Gasteiger partial charge < -0.3 is 14.4 Å². The summed E-state index contributed by atoms with van der Waals surface area (Å²) >= 11 is 6.13. The van der Waals surface area contributed by atoms with Crippen molar-refractivity contribution in [2.24, 2.45) is 0 Å². The number of aryl methyl sites for hydroxylation is 1. The van der Waals surface area contributed by atoms with Gasteiger partial charge in [0.2, 0.25) is 0 Å². The van der Waals surface area contributed by atoms with E-state index in [0.29, 0.717) is 22.8 Å². The summed E-state index contributed by atoms with van der Waals surface area (Å²) in [5, 5.41) is 7.98. The average Bonchev–Trinajstić information content (AvgIpc) is 3.11. The Bertz CT molecular complexity index is 857. The maximum absolute atomic E-state index is 6.13. The normalized spacial score (nSPS) is 12.0. The SMILES string of the molecule is CNC(C)Cc1noc(-c2cc(C)n(-c3cccc(Cl)c3)c2C)n1.Cl. The lowest BCUT2D eigenvalue weighted by Crippen LogP contribution is -2.24. The van der Waals surface area contributed by atoms with Gasteiger partial charge in [0, 0.05) is 34.6 Å². The van der Waals surface area contributed by atoms with Crippen molar-refractivity contribution in [3.05, 3.63) is 52.6 Å². The monoisotopic (exact) mass is 380 g/mol. The van der Waals surface area contributed by atoms with Gasteiger partial charge in [0.05, 0.1) is 5.56 Å². The fraction of sp³-hybridized carbons (Fsp3) is 0.333. The van der Waals surface area contributed by atoms with Gasteiger partial charge in [-0.2, -0.15) is 4.98 Å². The zero-order chi connectivity index (χ0) is 17.3. The molecule has 0 aliphatic heterocycles. The molecular formula is C18H22Cl2N4O. The van der Waals surface area contributed by atoms with E-state index in [2.05, 4.69) is 39.9 Å². The molecule has 0 spiro atoms. The Balaban J connectivity index is 0.00000225. The molecular weight excluding hydrogens is 359 g/mol. The Morgan fingerprint density at radius 2 is 2.04 bits per heavy atom. The smallest absolute Gasteiger partial charge is 0.259 e. The van der Waals surface area contributed by atoms with Gasteiger partial charge in [-0.15, -0.1) is 12.4 Å². The summed E-state index contributed by atoms with van der Waals surface area (Å²) in [7, 11) is 1.92. The standard InChI is InChI=1S/C18H21ClN4O.ClH/c1-11(20-4)8-17-21-18(24-22-17)16-9-12(2)23(13(16)3)15-7-5-6-14(19)10-15;/h5-7,9-11,20H,8H2,1-4H3;1H. The second-order valence-electron chi connectivity index (χ2n) is 6.01. The van der Waals surface area contributed by atoms with E-state index in [-0.39, 0.29) is 12.4 Å². The average molecular weight is 381 g/mol. The van der Waals surface area contributed by atoms with E-state index in [0.717, 1.165) is 29.1 Å². The van der Waals surface area contributed by atoms with Crippen LogP contribution in [0.5, 0.6) is 0 Å². The molecule has 0 saturated heterocycles. The fourth-order valence-corrected chi connectivity index (χ4v) is 3.00. The lowest BCUT2D eigenvalue weighted by molar-refractivity contribution is 0.418. The number of benzene rings is 1. The molecule has 3 rings (SSSR count). The molecule has 1 atom stereocenters. The minimum atomic E-state index is 0. The van der Waals surface area contributed by atoms with Crippen LogP contribution in [0.25, 0.3) is 17.1 Å². The first-order chi connectivity index (χ1) is 11.5. The number of nitrogens with one attached hydrogen (secondary N) is 1. The topological polar surface area (TPSA) is 55.9 Å². The van der Waals surface area contributed by atoms with Crippen molar-refractivity contribution >= 4 is 24.0 Å². The van der Waals surface area contributed by atoms with Crippen LogP contribution in [-0.2, 0) is 6.42 Å². The zero-order valence-corrected chi connectivity index (χ0v) is 16.3. The summed E-state index contributed by atoms with van der Waals surface area (Å²) in [6.45, 7) is 6.18. The summed E-state index contributed by atoms with van der Waals surface area (Å²) in [6, 6.07) is 10.2. The van der Waals surface area contributed by atoms with Crippen LogP contribution in [0.2, 0.25) is 5.02 Å². The molecule has 134 valence electrons. The molecule has 1 aromatic carbocycles. The highest BCUT2D eigenvalue weighted by molar-refractivity contribution is 6.30. The Hall–Kier alpha value is -1.82. The van der Waals surface area contributed by atoms with Gasteiger partial charge in [-0.1, -0.05) is 22.8 Å². The summed E-state index contributed by atoms with van der Waals surface area (Å²) in [6.07, 6.45) is 0.729. The molecule has 25 heavy (non-hydrogen) atoms. The van der Waals surface area contributed by atoms with Crippen LogP contribution in [0, 0.1) is 13.8 Å². The van der Waals surface area contributed by atoms with E-state index >= 15 is 0 Å². The van der Waals surface area contributed by atoms with Crippen molar-refractivity contribution in [3.63, 3.8) is 0 Å². The van der Waals surface area contributed by atoms with Crippen molar-refractivity contribution in [2.45, 2.75) is 33.2 Å². The molecule has 1 unspecified atom stereocenters. The first-order valence-electron chi connectivity index (χ1n) is 7.94. The Labute approximate surface area is 158 Å². The van der Waals surface area contributed by atoms with Crippen LogP contribution in [0.4, 0.5) is 0 Å². The molecule has 0 fully saturated rings. The molecule has 2 heterocycles. The van der Waals surface area contributed by atoms with E-state index in [1.807, 2.05) is 38.2 Å². The van der Waals surface area contributed by atoms with Gasteiger partial charge in [-0.25, -0.2) is 0 Å². The Morgan fingerprint density at radius 3 is 2.72 bits per heavy atom. The summed E-state index contributed by atoms with van der Waals surface area (Å²) in [5.74, 6) is 1.26. The first-order valence-corrected chi connectivity index (χ1v) is 8.32. The number of hydrogen-bond donors (Lipinski definition) is 1. The van der Waals surface area contributed by atoms with Gasteiger partial charge in [0.1, 0.15) is 0 Å². The van der Waals surface area contributed by atoms with E-state index in [9.17, 15) is 0 Å². The molecule has 3 aromatic rings. The van der Waals surface area contributed by atoms with Crippen molar-refractivity contribution in [1.29, 1.82) is 0 Å². The Kier molecular flexibility index (Phi) is 6.27. The van der Waals surface area contributed by atoms with Crippen LogP contribution in [0.1, 0.15) is 24.1 Å². The van der Waals surface area contributed by atoms with Crippen LogP contribution < -0.4 is 5.32 Å². The summed E-state index contributed by atoms with van der Waals surface area (Å²) in [4.78, 5) is 4.54. The predicted octanol–water partition coefficient (Wildman–Crippen LogP) is 4.37. The molecule has 0 saturated carbocycles. The second-order valence-corrected chi connectivity index (χ2v) is 6.45. The molecule has 0 radical (unpaired) electrons. The predicted molar refractivity (Wildman–Crippen MR) is 103 cm³/mol. The van der Waals surface area contributed by atoms with E-state index in [1.54, 1.807) is 0 Å². The van der Waals surface area contributed by atoms with Crippen molar-refractivity contribution in [3.8, 4) is 17.1 Å². The second kappa shape index (κ2) is 8.04. The van der Waals surface area contributed by atoms with E-state index in [4.69, 9.17) is 16.1 Å². The maximum atomic E-state index is 6.13. The van der Waals surface area contributed by atoms with Crippen molar-refractivity contribution < 1.29 is 4.52 Å². The highest BCUT2D eigenvalue weighted by atomic mass is 35.5. The van der Waals surface area contributed by atoms with Gasteiger partial charge in [0.15, 0.2) is 5.82 Å². The summed E-state index contributed by atoms with van der Waals surface area (Å²) in [5.41, 5.74) is 4.11. The fourth-order valence-electron chi connectivity index (χ4n) is 2.81. The molecule has 0 aliphatic rings. The third kappa shape index (κ3) is 4.06. The number of hydrogen-bond acceptors (Lipinski definition) is 4. The van der Waals surface area contributed by atoms with Crippen LogP contribution in [0.15, 0.2) is 34.9 Å². The number of likely N-dealkylation sites (N-methyl/N-ethyl adjacent to an activating group) is 1. The van der Waals surface area contributed by atoms with E-state index < -0.39 is 0 Å². The van der Waals surface area contributed by atoms with Crippen LogP contribution in [-0.4, -0.2) is 27.8 Å². The third-order valence-corrected chi connectivity index (χ3v) is 4.41. The molecule has 5 nitrogen and oxygen atoms in total. The number of rotatable bonds is 5. The molecule has 0 bridgehead atoms. The largest absolute Gasteiger partial charge is 0.334 e. The summed E-state index contributed by atoms with van der Waals surface area (Å²) < 4.78 is 7.62. The van der Waals surface area contributed by atoms with Crippen LogP contribution in [0.3, 0.4) is 0 Å². The number of nitrogens with zero attached hydrogens (tertiary/aromatic N) is 3. The minimum Gasteiger partial charge on any atom is -0.334 e. The highest BCUT2D eigenvalue weighted by Gasteiger charge is 2.18. The number of halogens is 2. The molecule has 0 amide bonds.